The summed E-state index contributed by atoms with van der Waals surface area (Å²) in [6.45, 7) is 1.05. The third-order valence-electron chi connectivity index (χ3n) is 3.96. The second-order valence-electron chi connectivity index (χ2n) is 5.71. The zero-order valence-corrected chi connectivity index (χ0v) is 16.5. The molecule has 1 aliphatic heterocycles. The maximum atomic E-state index is 13.3. The molecule has 0 bridgehead atoms. The Kier molecular flexibility index (Phi) is 5.36. The van der Waals surface area contributed by atoms with Gasteiger partial charge in [-0.1, -0.05) is 52.5 Å². The lowest BCUT2D eigenvalue weighted by Crippen LogP contribution is -2.37. The summed E-state index contributed by atoms with van der Waals surface area (Å²) in [4.78, 5) is 38.1. The number of nitrogens with zero attached hydrogens (tertiary/aromatic N) is 1. The van der Waals surface area contributed by atoms with Crippen LogP contribution >= 0.6 is 46.4 Å². The van der Waals surface area contributed by atoms with E-state index in [-0.39, 0.29) is 36.9 Å². The summed E-state index contributed by atoms with van der Waals surface area (Å²) in [7, 11) is 0. The van der Waals surface area contributed by atoms with Gasteiger partial charge in [-0.2, -0.15) is 0 Å². The largest absolute Gasteiger partial charge is 0.324 e. The first-order valence-corrected chi connectivity index (χ1v) is 8.92. The van der Waals surface area contributed by atoms with Crippen LogP contribution < -0.4 is 5.32 Å². The minimum Gasteiger partial charge on any atom is -0.324 e. The van der Waals surface area contributed by atoms with Gasteiger partial charge in [0.05, 0.1) is 31.2 Å². The van der Waals surface area contributed by atoms with E-state index in [0.717, 1.165) is 6.07 Å². The lowest BCUT2D eigenvalue weighted by Gasteiger charge is -2.14. The number of halogens is 5. The van der Waals surface area contributed by atoms with Crippen LogP contribution in [-0.4, -0.2) is 29.2 Å². The van der Waals surface area contributed by atoms with Crippen molar-refractivity contribution in [2.75, 3.05) is 11.9 Å². The van der Waals surface area contributed by atoms with Gasteiger partial charge in [0.2, 0.25) is 5.91 Å². The molecule has 3 amide bonds. The van der Waals surface area contributed by atoms with Crippen molar-refractivity contribution in [1.29, 1.82) is 0 Å². The molecule has 0 aromatic heterocycles. The highest BCUT2D eigenvalue weighted by Crippen LogP contribution is 2.44. The van der Waals surface area contributed by atoms with Gasteiger partial charge in [-0.3, -0.25) is 19.3 Å². The predicted octanol–water partition coefficient (Wildman–Crippen LogP) is 4.98. The zero-order valence-electron chi connectivity index (χ0n) is 13.5. The van der Waals surface area contributed by atoms with Crippen molar-refractivity contribution < 1.29 is 18.8 Å². The number of amides is 3. The van der Waals surface area contributed by atoms with Gasteiger partial charge in [-0.25, -0.2) is 4.39 Å². The maximum absolute atomic E-state index is 13.3. The average Bonchev–Trinajstić information content (AvgIpc) is 2.86. The molecule has 0 unspecified atom stereocenters. The Morgan fingerprint density at radius 3 is 2.04 bits per heavy atom. The van der Waals surface area contributed by atoms with Crippen LogP contribution in [0.3, 0.4) is 0 Å². The van der Waals surface area contributed by atoms with Gasteiger partial charge in [0.1, 0.15) is 12.4 Å². The molecule has 0 spiro atoms. The monoisotopic (exact) mass is 448 g/mol. The summed E-state index contributed by atoms with van der Waals surface area (Å²) in [6, 6.07) is 3.85. The molecule has 140 valence electrons. The van der Waals surface area contributed by atoms with E-state index in [4.69, 9.17) is 46.4 Å². The lowest BCUT2D eigenvalue weighted by atomic mass is 10.1. The van der Waals surface area contributed by atoms with Crippen molar-refractivity contribution in [3.63, 3.8) is 0 Å². The van der Waals surface area contributed by atoms with Gasteiger partial charge in [-0.05, 0) is 24.6 Å². The highest BCUT2D eigenvalue weighted by Gasteiger charge is 2.42. The highest BCUT2D eigenvalue weighted by atomic mass is 35.5. The third kappa shape index (κ3) is 3.38. The Bertz CT molecular complexity index is 979. The van der Waals surface area contributed by atoms with Gasteiger partial charge in [0.15, 0.2) is 0 Å². The molecule has 0 saturated carbocycles. The zero-order chi connectivity index (χ0) is 20.0. The molecule has 1 aliphatic rings. The number of anilines is 1. The summed E-state index contributed by atoms with van der Waals surface area (Å²) in [5.74, 6) is -2.90. The quantitative estimate of drug-likeness (QED) is 0.408. The predicted molar refractivity (Wildman–Crippen MR) is 102 cm³/mol. The van der Waals surface area contributed by atoms with E-state index in [9.17, 15) is 18.8 Å². The third-order valence-corrected chi connectivity index (χ3v) is 5.76. The van der Waals surface area contributed by atoms with Crippen LogP contribution in [0.25, 0.3) is 0 Å². The van der Waals surface area contributed by atoms with Gasteiger partial charge in [-0.15, -0.1) is 0 Å². The molecule has 0 atom stereocenters. The Morgan fingerprint density at radius 1 is 1.00 bits per heavy atom. The fourth-order valence-corrected chi connectivity index (χ4v) is 3.62. The number of rotatable bonds is 3. The first-order valence-electron chi connectivity index (χ1n) is 7.41. The molecular formula is C17H9Cl4FN2O3. The molecule has 0 saturated heterocycles. The van der Waals surface area contributed by atoms with Crippen molar-refractivity contribution >= 4 is 69.8 Å². The molecule has 1 N–H and O–H groups in total. The Balaban J connectivity index is 1.89. The first-order chi connectivity index (χ1) is 12.6. The fourth-order valence-electron chi connectivity index (χ4n) is 2.60. The second kappa shape index (κ2) is 7.28. The van der Waals surface area contributed by atoms with Crippen molar-refractivity contribution in [2.24, 2.45) is 0 Å². The average molecular weight is 450 g/mol. The molecule has 1 heterocycles. The lowest BCUT2D eigenvalue weighted by molar-refractivity contribution is -0.116. The van der Waals surface area contributed by atoms with Crippen molar-refractivity contribution in [3.05, 3.63) is 60.8 Å². The van der Waals surface area contributed by atoms with E-state index in [2.05, 4.69) is 5.32 Å². The summed E-state index contributed by atoms with van der Waals surface area (Å²) in [5, 5.41) is 1.69. The molecule has 5 nitrogen and oxygen atoms in total. The number of hydrogen-bond acceptors (Lipinski definition) is 3. The van der Waals surface area contributed by atoms with Gasteiger partial charge in [0.25, 0.3) is 11.8 Å². The van der Waals surface area contributed by atoms with Crippen LogP contribution in [0.2, 0.25) is 20.1 Å². The number of imide groups is 1. The number of carbonyl (C=O) groups is 3. The number of hydrogen-bond donors (Lipinski definition) is 1. The van der Waals surface area contributed by atoms with Gasteiger partial charge < -0.3 is 5.32 Å². The summed E-state index contributed by atoms with van der Waals surface area (Å²) in [5.41, 5.74) is 0.405. The molecule has 0 radical (unpaired) electrons. The molecule has 27 heavy (non-hydrogen) atoms. The van der Waals surface area contributed by atoms with Crippen LogP contribution in [0, 0.1) is 12.7 Å². The smallest absolute Gasteiger partial charge is 0.263 e. The second-order valence-corrected chi connectivity index (χ2v) is 7.22. The normalized spacial score (nSPS) is 13.2. The fraction of sp³-hybridized carbons (Fsp3) is 0.118. The minimum atomic E-state index is -0.827. The van der Waals surface area contributed by atoms with Crippen LogP contribution in [0.15, 0.2) is 18.2 Å². The summed E-state index contributed by atoms with van der Waals surface area (Å²) in [6.07, 6.45) is 0. The molecular weight excluding hydrogens is 441 g/mol. The van der Waals surface area contributed by atoms with Crippen molar-refractivity contribution in [2.45, 2.75) is 6.92 Å². The van der Waals surface area contributed by atoms with E-state index >= 15 is 0 Å². The maximum Gasteiger partial charge on any atom is 0.263 e. The van der Waals surface area contributed by atoms with Gasteiger partial charge >= 0.3 is 0 Å². The Labute approximate surface area is 172 Å². The van der Waals surface area contributed by atoms with Crippen LogP contribution in [0.5, 0.6) is 0 Å². The van der Waals surface area contributed by atoms with E-state index in [1.165, 1.54) is 12.1 Å². The highest BCUT2D eigenvalue weighted by molar-refractivity contribution is 6.55. The number of carbonyl (C=O) groups excluding carboxylic acids is 3. The van der Waals surface area contributed by atoms with Crippen molar-refractivity contribution in [3.8, 4) is 0 Å². The molecule has 0 aliphatic carbocycles. The van der Waals surface area contributed by atoms with Crippen LogP contribution in [-0.2, 0) is 4.79 Å². The Hall–Kier alpha value is -1.86. The van der Waals surface area contributed by atoms with E-state index in [1.54, 1.807) is 6.92 Å². The topological polar surface area (TPSA) is 66.5 Å². The number of fused-ring (bicyclic) bond motifs is 1. The molecule has 0 fully saturated rings. The van der Waals surface area contributed by atoms with Gasteiger partial charge in [0, 0.05) is 5.69 Å². The number of benzene rings is 2. The molecule has 2 aromatic rings. The number of aryl methyl sites for hydroxylation is 1. The molecule has 2 aromatic carbocycles. The van der Waals surface area contributed by atoms with E-state index in [0.29, 0.717) is 10.5 Å². The molecule has 10 heteroatoms. The minimum absolute atomic E-state index is 0.162. The van der Waals surface area contributed by atoms with Crippen LogP contribution in [0.4, 0.5) is 10.1 Å². The first kappa shape index (κ1) is 19.9. The standard InChI is InChI=1S/C17H9Cl4FN2O3/c1-6-2-3-7(22)4-8(6)23-9(25)5-24-16(26)10-11(17(24)27)13(19)15(21)14(20)12(10)18/h2-4H,5H2,1H3,(H,23,25). The SMILES string of the molecule is Cc1ccc(F)cc1NC(=O)CN1C(=O)c2c(Cl)c(Cl)c(Cl)c(Cl)c2C1=O. The Morgan fingerprint density at radius 2 is 1.52 bits per heavy atom. The van der Waals surface area contributed by atoms with Crippen molar-refractivity contribution in [1.82, 2.24) is 4.90 Å². The number of nitrogens with one attached hydrogen (secondary N) is 1. The van der Waals surface area contributed by atoms with E-state index < -0.39 is 30.1 Å². The van der Waals surface area contributed by atoms with Crippen LogP contribution in [0.1, 0.15) is 26.3 Å². The molecule has 3 rings (SSSR count). The summed E-state index contributed by atoms with van der Waals surface area (Å²) >= 11 is 23.9. The van der Waals surface area contributed by atoms with E-state index in [1.807, 2.05) is 0 Å². The summed E-state index contributed by atoms with van der Waals surface area (Å²) < 4.78 is 13.3.